The van der Waals surface area contributed by atoms with Gasteiger partial charge in [-0.2, -0.15) is 0 Å². The van der Waals surface area contributed by atoms with Crippen molar-refractivity contribution in [2.24, 2.45) is 0 Å². The Kier molecular flexibility index (Phi) is 5.89. The van der Waals surface area contributed by atoms with Crippen LogP contribution in [0.15, 0.2) is 47.4 Å². The summed E-state index contributed by atoms with van der Waals surface area (Å²) in [6.45, 7) is 10.2. The number of carbonyl (C=O) groups excluding carboxylic acids is 1. The molecule has 0 radical (unpaired) electrons. The summed E-state index contributed by atoms with van der Waals surface area (Å²) in [5.74, 6) is 0.0723. The molecule has 0 bridgehead atoms. The molecule has 0 saturated carbocycles. The molecular weight excluding hydrogens is 302 g/mol. The number of hydrogen-bond donors (Lipinski definition) is 1. The molecule has 0 aromatic heterocycles. The lowest BCUT2D eigenvalue weighted by Crippen LogP contribution is -2.33. The maximum Gasteiger partial charge on any atom is 0.233 e. The van der Waals surface area contributed by atoms with Crippen LogP contribution in [0.3, 0.4) is 0 Å². The standard InChI is InChI=1S/C20H25NOS/c1-13-6-9-18(10-7-13)23-17(5)20(22)21-16(4)19-11-8-14(2)12-15(19)3/h6-12,16-17H,1-5H3,(H,21,22)/t16-,17+/m1/s1. The van der Waals surface area contributed by atoms with Gasteiger partial charge >= 0.3 is 0 Å². The molecule has 1 N–H and O–H groups in total. The highest BCUT2D eigenvalue weighted by Crippen LogP contribution is 2.25. The second kappa shape index (κ2) is 7.69. The Balaban J connectivity index is 1.98. The van der Waals surface area contributed by atoms with Crippen molar-refractivity contribution >= 4 is 17.7 Å². The topological polar surface area (TPSA) is 29.1 Å². The second-order valence-corrected chi connectivity index (χ2v) is 7.58. The Morgan fingerprint density at radius 1 is 0.957 bits per heavy atom. The van der Waals surface area contributed by atoms with Crippen molar-refractivity contribution in [3.05, 3.63) is 64.7 Å². The molecule has 2 nitrogen and oxygen atoms in total. The quantitative estimate of drug-likeness (QED) is 0.786. The van der Waals surface area contributed by atoms with Gasteiger partial charge in [-0.3, -0.25) is 4.79 Å². The van der Waals surface area contributed by atoms with E-state index in [0.29, 0.717) is 0 Å². The first-order chi connectivity index (χ1) is 10.9. The summed E-state index contributed by atoms with van der Waals surface area (Å²) in [6.07, 6.45) is 0. The van der Waals surface area contributed by atoms with Gasteiger partial charge in [0.2, 0.25) is 5.91 Å². The van der Waals surface area contributed by atoms with E-state index in [1.165, 1.54) is 22.3 Å². The van der Waals surface area contributed by atoms with Gasteiger partial charge in [0.1, 0.15) is 0 Å². The summed E-state index contributed by atoms with van der Waals surface area (Å²) in [5, 5.41) is 3.01. The van der Waals surface area contributed by atoms with Gasteiger partial charge in [-0.25, -0.2) is 0 Å². The number of hydrogen-bond acceptors (Lipinski definition) is 2. The van der Waals surface area contributed by atoms with Crippen molar-refractivity contribution < 1.29 is 4.79 Å². The van der Waals surface area contributed by atoms with Crippen LogP contribution in [-0.2, 0) is 4.79 Å². The third-order valence-electron chi connectivity index (χ3n) is 3.95. The van der Waals surface area contributed by atoms with E-state index in [4.69, 9.17) is 0 Å². The fraction of sp³-hybridized carbons (Fsp3) is 0.350. The zero-order valence-corrected chi connectivity index (χ0v) is 15.3. The molecule has 3 heteroatoms. The smallest absolute Gasteiger partial charge is 0.233 e. The Morgan fingerprint density at radius 3 is 2.17 bits per heavy atom. The normalized spacial score (nSPS) is 13.4. The van der Waals surface area contributed by atoms with Crippen LogP contribution in [0.2, 0.25) is 0 Å². The lowest BCUT2D eigenvalue weighted by Gasteiger charge is -2.19. The molecule has 2 atom stereocenters. The minimum absolute atomic E-state index is 0.0177. The van der Waals surface area contributed by atoms with Crippen molar-refractivity contribution in [2.45, 2.75) is 50.8 Å². The highest BCUT2D eigenvalue weighted by molar-refractivity contribution is 8.00. The zero-order valence-electron chi connectivity index (χ0n) is 14.5. The lowest BCUT2D eigenvalue weighted by molar-refractivity contribution is -0.120. The van der Waals surface area contributed by atoms with Crippen LogP contribution in [0, 0.1) is 20.8 Å². The molecule has 0 heterocycles. The molecule has 1 amide bonds. The molecule has 0 aliphatic carbocycles. The molecule has 122 valence electrons. The Labute approximate surface area is 143 Å². The number of amides is 1. The van der Waals surface area contributed by atoms with E-state index >= 15 is 0 Å². The molecule has 0 unspecified atom stereocenters. The molecular formula is C20H25NOS. The number of benzene rings is 2. The van der Waals surface area contributed by atoms with Crippen molar-refractivity contribution in [1.29, 1.82) is 0 Å². The van der Waals surface area contributed by atoms with E-state index in [-0.39, 0.29) is 17.2 Å². The molecule has 23 heavy (non-hydrogen) atoms. The fourth-order valence-electron chi connectivity index (χ4n) is 2.59. The van der Waals surface area contributed by atoms with E-state index in [1.807, 2.05) is 13.8 Å². The predicted octanol–water partition coefficient (Wildman–Crippen LogP) is 4.97. The van der Waals surface area contributed by atoms with E-state index in [9.17, 15) is 4.79 Å². The summed E-state index contributed by atoms with van der Waals surface area (Å²) in [6, 6.07) is 14.7. The van der Waals surface area contributed by atoms with Crippen LogP contribution in [-0.4, -0.2) is 11.2 Å². The average molecular weight is 327 g/mol. The second-order valence-electron chi connectivity index (χ2n) is 6.16. The maximum absolute atomic E-state index is 12.4. The van der Waals surface area contributed by atoms with Gasteiger partial charge in [-0.1, -0.05) is 41.5 Å². The van der Waals surface area contributed by atoms with E-state index < -0.39 is 0 Å². The minimum Gasteiger partial charge on any atom is -0.349 e. The van der Waals surface area contributed by atoms with Crippen LogP contribution in [0.1, 0.15) is 42.1 Å². The van der Waals surface area contributed by atoms with Crippen molar-refractivity contribution in [3.63, 3.8) is 0 Å². The molecule has 0 spiro atoms. The van der Waals surface area contributed by atoms with E-state index in [1.54, 1.807) is 11.8 Å². The highest BCUT2D eigenvalue weighted by atomic mass is 32.2. The van der Waals surface area contributed by atoms with Gasteiger partial charge in [0.05, 0.1) is 11.3 Å². The van der Waals surface area contributed by atoms with Crippen LogP contribution in [0.25, 0.3) is 0 Å². The fourth-order valence-corrected chi connectivity index (χ4v) is 3.47. The van der Waals surface area contributed by atoms with E-state index in [0.717, 1.165) is 4.90 Å². The van der Waals surface area contributed by atoms with Gasteiger partial charge in [0.25, 0.3) is 0 Å². The monoisotopic (exact) mass is 327 g/mol. The third kappa shape index (κ3) is 4.87. The van der Waals surface area contributed by atoms with Crippen LogP contribution in [0.5, 0.6) is 0 Å². The summed E-state index contributed by atoms with van der Waals surface area (Å²) >= 11 is 1.59. The largest absolute Gasteiger partial charge is 0.349 e. The predicted molar refractivity (Wildman–Crippen MR) is 99.0 cm³/mol. The average Bonchev–Trinajstić information content (AvgIpc) is 2.49. The summed E-state index contributed by atoms with van der Waals surface area (Å²) in [5.41, 5.74) is 4.87. The SMILES string of the molecule is Cc1ccc(S[C@@H](C)C(=O)N[C@H](C)c2ccc(C)cc2C)cc1. The number of aryl methyl sites for hydroxylation is 3. The Bertz CT molecular complexity index is 679. The number of rotatable bonds is 5. The maximum atomic E-state index is 12.4. The first kappa shape index (κ1) is 17.6. The van der Waals surface area contributed by atoms with Crippen molar-refractivity contribution in [3.8, 4) is 0 Å². The summed E-state index contributed by atoms with van der Waals surface area (Å²) < 4.78 is 0. The van der Waals surface area contributed by atoms with Gasteiger partial charge in [0, 0.05) is 4.90 Å². The lowest BCUT2D eigenvalue weighted by atomic mass is 10.0. The summed E-state index contributed by atoms with van der Waals surface area (Å²) in [4.78, 5) is 13.6. The first-order valence-electron chi connectivity index (χ1n) is 7.97. The van der Waals surface area contributed by atoms with Gasteiger partial charge in [-0.15, -0.1) is 11.8 Å². The third-order valence-corrected chi connectivity index (χ3v) is 5.07. The number of thioether (sulfide) groups is 1. The van der Waals surface area contributed by atoms with Crippen molar-refractivity contribution in [1.82, 2.24) is 5.32 Å². The van der Waals surface area contributed by atoms with Crippen LogP contribution in [0.4, 0.5) is 0 Å². The Hall–Kier alpha value is -1.74. The highest BCUT2D eigenvalue weighted by Gasteiger charge is 2.18. The van der Waals surface area contributed by atoms with Gasteiger partial charge in [-0.05, 0) is 57.9 Å². The molecule has 0 aliphatic rings. The number of carbonyl (C=O) groups is 1. The Morgan fingerprint density at radius 2 is 1.57 bits per heavy atom. The van der Waals surface area contributed by atoms with Crippen molar-refractivity contribution in [2.75, 3.05) is 0 Å². The molecule has 2 aromatic rings. The minimum atomic E-state index is -0.120. The van der Waals surface area contributed by atoms with Crippen LogP contribution < -0.4 is 5.32 Å². The van der Waals surface area contributed by atoms with Crippen LogP contribution >= 0.6 is 11.8 Å². The van der Waals surface area contributed by atoms with E-state index in [2.05, 4.69) is 68.6 Å². The van der Waals surface area contributed by atoms with Gasteiger partial charge < -0.3 is 5.32 Å². The molecule has 0 saturated heterocycles. The number of nitrogens with one attached hydrogen (secondary N) is 1. The molecule has 2 rings (SSSR count). The molecule has 0 aliphatic heterocycles. The summed E-state index contributed by atoms with van der Waals surface area (Å²) in [7, 11) is 0. The zero-order chi connectivity index (χ0) is 17.0. The first-order valence-corrected chi connectivity index (χ1v) is 8.85. The molecule has 2 aromatic carbocycles. The molecule has 0 fully saturated rings. The van der Waals surface area contributed by atoms with Gasteiger partial charge in [0.15, 0.2) is 0 Å².